The van der Waals surface area contributed by atoms with E-state index in [0.717, 1.165) is 5.92 Å². The maximum Gasteiger partial charge on any atom is 0.189 e. The Bertz CT molecular complexity index is 428. The van der Waals surface area contributed by atoms with Crippen molar-refractivity contribution >= 4 is 5.96 Å². The van der Waals surface area contributed by atoms with Crippen molar-refractivity contribution in [1.82, 2.24) is 5.32 Å². The predicted octanol–water partition coefficient (Wildman–Crippen LogP) is 3.44. The van der Waals surface area contributed by atoms with Crippen LogP contribution < -0.4 is 11.1 Å². The second-order valence-electron chi connectivity index (χ2n) is 9.73. The van der Waals surface area contributed by atoms with E-state index < -0.39 is 0 Å². The van der Waals surface area contributed by atoms with E-state index in [4.69, 9.17) is 10.7 Å². The van der Waals surface area contributed by atoms with Crippen molar-refractivity contribution < 1.29 is 0 Å². The lowest BCUT2D eigenvalue weighted by Gasteiger charge is -2.64. The summed E-state index contributed by atoms with van der Waals surface area (Å²) in [5.74, 6) is 1.51. The van der Waals surface area contributed by atoms with Crippen molar-refractivity contribution in [2.24, 2.45) is 27.5 Å². The fourth-order valence-corrected chi connectivity index (χ4v) is 6.18. The van der Waals surface area contributed by atoms with Crippen molar-refractivity contribution in [2.75, 3.05) is 0 Å². The monoisotopic (exact) mass is 277 g/mol. The number of nitrogens with one attached hydrogen (secondary N) is 1. The minimum absolute atomic E-state index is 0.0102. The summed E-state index contributed by atoms with van der Waals surface area (Å²) in [6.07, 6.45) is 7.93. The Hall–Kier alpha value is -0.730. The van der Waals surface area contributed by atoms with Gasteiger partial charge in [0, 0.05) is 5.54 Å². The molecular weight excluding hydrogens is 246 g/mol. The molecule has 20 heavy (non-hydrogen) atoms. The van der Waals surface area contributed by atoms with Gasteiger partial charge in [-0.05, 0) is 76.0 Å². The summed E-state index contributed by atoms with van der Waals surface area (Å²) in [7, 11) is 0. The van der Waals surface area contributed by atoms with Gasteiger partial charge < -0.3 is 11.1 Å². The average molecular weight is 277 g/mol. The quantitative estimate of drug-likeness (QED) is 0.570. The van der Waals surface area contributed by atoms with Gasteiger partial charge in [-0.1, -0.05) is 13.8 Å². The van der Waals surface area contributed by atoms with E-state index in [-0.39, 0.29) is 11.1 Å². The lowest BCUT2D eigenvalue weighted by Crippen LogP contribution is -2.59. The molecular formula is C17H31N3. The minimum atomic E-state index is -0.0102. The van der Waals surface area contributed by atoms with Gasteiger partial charge in [-0.3, -0.25) is 0 Å². The van der Waals surface area contributed by atoms with Gasteiger partial charge in [-0.15, -0.1) is 0 Å². The Kier molecular flexibility index (Phi) is 2.79. The molecule has 0 spiro atoms. The molecule has 2 unspecified atom stereocenters. The molecule has 4 aliphatic carbocycles. The topological polar surface area (TPSA) is 50.4 Å². The molecule has 0 aromatic heterocycles. The minimum Gasteiger partial charge on any atom is -0.370 e. The number of hydrogen-bond donors (Lipinski definition) is 2. The molecule has 4 fully saturated rings. The van der Waals surface area contributed by atoms with Gasteiger partial charge in [0.05, 0.1) is 5.54 Å². The van der Waals surface area contributed by atoms with E-state index in [2.05, 4.69) is 39.9 Å². The highest BCUT2D eigenvalue weighted by atomic mass is 15.2. The van der Waals surface area contributed by atoms with E-state index in [1.807, 2.05) is 0 Å². The van der Waals surface area contributed by atoms with Crippen LogP contribution in [0.2, 0.25) is 0 Å². The first-order valence-electron chi connectivity index (χ1n) is 8.14. The van der Waals surface area contributed by atoms with Gasteiger partial charge >= 0.3 is 0 Å². The standard InChI is InChI=1S/C17H31N3/c1-14(2,3)19-13(18)20-17-8-12-6-15(4,10-17)9-16(5,7-12)11-17/h12H,6-11H2,1-5H3,(H3,18,19,20). The van der Waals surface area contributed by atoms with E-state index in [1.54, 1.807) is 0 Å². The third-order valence-electron chi connectivity index (χ3n) is 5.46. The highest BCUT2D eigenvalue weighted by Crippen LogP contribution is 2.67. The molecule has 0 aromatic rings. The summed E-state index contributed by atoms with van der Waals surface area (Å²) in [6.45, 7) is 11.4. The molecule has 4 saturated carbocycles. The summed E-state index contributed by atoms with van der Waals surface area (Å²) in [4.78, 5) is 5.03. The number of nitrogens with two attached hydrogens (primary N) is 1. The summed E-state index contributed by atoms with van der Waals surface area (Å²) in [6, 6.07) is 0. The van der Waals surface area contributed by atoms with Gasteiger partial charge in [0.1, 0.15) is 0 Å². The number of rotatable bonds is 1. The summed E-state index contributed by atoms with van der Waals surface area (Å²) >= 11 is 0. The van der Waals surface area contributed by atoms with Crippen LogP contribution in [-0.2, 0) is 0 Å². The maximum absolute atomic E-state index is 6.21. The third kappa shape index (κ3) is 2.56. The van der Waals surface area contributed by atoms with Crippen molar-refractivity contribution in [2.45, 2.75) is 84.2 Å². The van der Waals surface area contributed by atoms with Crippen molar-refractivity contribution in [1.29, 1.82) is 0 Å². The third-order valence-corrected chi connectivity index (χ3v) is 5.46. The summed E-state index contributed by atoms with van der Waals surface area (Å²) < 4.78 is 0. The van der Waals surface area contributed by atoms with Crippen LogP contribution >= 0.6 is 0 Å². The fraction of sp³-hybridized carbons (Fsp3) is 0.941. The normalized spacial score (nSPS) is 47.6. The number of guanidine groups is 1. The zero-order valence-corrected chi connectivity index (χ0v) is 13.8. The van der Waals surface area contributed by atoms with Gasteiger partial charge in [0.15, 0.2) is 5.96 Å². The van der Waals surface area contributed by atoms with Gasteiger partial charge in [0.2, 0.25) is 0 Å². The Morgan fingerprint density at radius 1 is 1.05 bits per heavy atom. The van der Waals surface area contributed by atoms with Crippen LogP contribution in [0.5, 0.6) is 0 Å². The molecule has 0 aliphatic heterocycles. The second kappa shape index (κ2) is 3.92. The van der Waals surface area contributed by atoms with Gasteiger partial charge in [-0.2, -0.15) is 0 Å². The molecule has 0 heterocycles. The molecule has 2 atom stereocenters. The van der Waals surface area contributed by atoms with Crippen LogP contribution in [0.25, 0.3) is 0 Å². The number of nitrogens with zero attached hydrogens (tertiary/aromatic N) is 1. The Balaban J connectivity index is 1.87. The van der Waals surface area contributed by atoms with E-state index >= 15 is 0 Å². The SMILES string of the molecule is CC12CC3CC(C)(C1)CC(N=C(N)NC(C)(C)C)(C3)C2. The molecule has 4 aliphatic rings. The van der Waals surface area contributed by atoms with E-state index in [0.29, 0.717) is 16.8 Å². The predicted molar refractivity (Wildman–Crippen MR) is 84.6 cm³/mol. The first kappa shape index (κ1) is 14.2. The molecule has 0 aromatic carbocycles. The molecule has 3 heteroatoms. The lowest BCUT2D eigenvalue weighted by molar-refractivity contribution is -0.104. The van der Waals surface area contributed by atoms with Crippen molar-refractivity contribution in [3.05, 3.63) is 0 Å². The van der Waals surface area contributed by atoms with Crippen LogP contribution in [0.1, 0.15) is 73.1 Å². The molecule has 0 amide bonds. The van der Waals surface area contributed by atoms with Gasteiger partial charge in [0.25, 0.3) is 0 Å². The van der Waals surface area contributed by atoms with E-state index in [1.165, 1.54) is 38.5 Å². The lowest BCUT2D eigenvalue weighted by atomic mass is 9.43. The fourth-order valence-electron chi connectivity index (χ4n) is 6.18. The van der Waals surface area contributed by atoms with Crippen LogP contribution in [-0.4, -0.2) is 17.0 Å². The molecule has 114 valence electrons. The van der Waals surface area contributed by atoms with Crippen LogP contribution in [0, 0.1) is 16.7 Å². The average Bonchev–Trinajstić information content (AvgIpc) is 2.04. The molecule has 0 saturated heterocycles. The summed E-state index contributed by atoms with van der Waals surface area (Å²) in [5.41, 5.74) is 7.31. The second-order valence-corrected chi connectivity index (χ2v) is 9.73. The molecule has 4 rings (SSSR count). The van der Waals surface area contributed by atoms with Gasteiger partial charge in [-0.25, -0.2) is 4.99 Å². The first-order chi connectivity index (χ1) is 9.01. The Morgan fingerprint density at radius 2 is 1.60 bits per heavy atom. The number of aliphatic imine (C=N–C) groups is 1. The number of hydrogen-bond acceptors (Lipinski definition) is 1. The van der Waals surface area contributed by atoms with Crippen LogP contribution in [0.4, 0.5) is 0 Å². The summed E-state index contributed by atoms with van der Waals surface area (Å²) in [5, 5.41) is 3.35. The zero-order valence-electron chi connectivity index (χ0n) is 13.8. The molecule has 4 bridgehead atoms. The smallest absolute Gasteiger partial charge is 0.189 e. The maximum atomic E-state index is 6.21. The van der Waals surface area contributed by atoms with Crippen molar-refractivity contribution in [3.8, 4) is 0 Å². The Labute approximate surface area is 123 Å². The van der Waals surface area contributed by atoms with Crippen LogP contribution in [0.3, 0.4) is 0 Å². The zero-order chi connectivity index (χ0) is 14.8. The highest BCUT2D eigenvalue weighted by molar-refractivity contribution is 5.79. The molecule has 3 nitrogen and oxygen atoms in total. The van der Waals surface area contributed by atoms with Crippen molar-refractivity contribution in [3.63, 3.8) is 0 Å². The Morgan fingerprint density at radius 3 is 2.05 bits per heavy atom. The largest absolute Gasteiger partial charge is 0.370 e. The molecule has 3 N–H and O–H groups in total. The first-order valence-corrected chi connectivity index (χ1v) is 8.14. The molecule has 0 radical (unpaired) electrons. The van der Waals surface area contributed by atoms with E-state index in [9.17, 15) is 0 Å². The van der Waals surface area contributed by atoms with Crippen LogP contribution in [0.15, 0.2) is 4.99 Å². The highest BCUT2D eigenvalue weighted by Gasteiger charge is 2.60.